The van der Waals surface area contributed by atoms with Crippen LogP contribution in [0.4, 0.5) is 5.69 Å². The summed E-state index contributed by atoms with van der Waals surface area (Å²) >= 11 is 6.25. The van der Waals surface area contributed by atoms with Crippen LogP contribution in [0.2, 0.25) is 5.02 Å². The number of aliphatic carboxylic acids is 1. The monoisotopic (exact) mass is 633 g/mol. The van der Waals surface area contributed by atoms with Crippen LogP contribution < -0.4 is 9.64 Å². The van der Waals surface area contributed by atoms with Crippen LogP contribution in [-0.2, 0) is 29.0 Å². The van der Waals surface area contributed by atoms with Crippen LogP contribution in [0.5, 0.6) is 5.75 Å². The molecule has 0 radical (unpaired) electrons. The van der Waals surface area contributed by atoms with Crippen LogP contribution in [-0.4, -0.2) is 53.3 Å². The SMILES string of the molecule is COc1cc(CN2CCc3cc(-c4c(C)nc(C)c([C@H](OC(C)(C)C)C(=O)O)c4N4CCC(C)(C)CC4)ccc3C2)ccc1Cl. The van der Waals surface area contributed by atoms with E-state index in [9.17, 15) is 9.90 Å². The fourth-order valence-corrected chi connectivity index (χ4v) is 6.91. The molecule has 0 aliphatic carbocycles. The van der Waals surface area contributed by atoms with E-state index in [4.69, 9.17) is 26.1 Å². The van der Waals surface area contributed by atoms with Crippen LogP contribution >= 0.6 is 11.6 Å². The first-order chi connectivity index (χ1) is 21.2. The molecule has 1 N–H and O–H groups in total. The van der Waals surface area contributed by atoms with Crippen molar-refractivity contribution in [2.75, 3.05) is 31.6 Å². The van der Waals surface area contributed by atoms with E-state index >= 15 is 0 Å². The van der Waals surface area contributed by atoms with Crippen LogP contribution in [0.25, 0.3) is 11.1 Å². The predicted octanol–water partition coefficient (Wildman–Crippen LogP) is 8.15. The first-order valence-electron chi connectivity index (χ1n) is 16.0. The molecular weight excluding hydrogens is 586 g/mol. The number of benzene rings is 2. The number of carboxylic acids is 1. The van der Waals surface area contributed by atoms with Gasteiger partial charge in [0.2, 0.25) is 0 Å². The number of anilines is 1. The van der Waals surface area contributed by atoms with E-state index in [-0.39, 0.29) is 5.41 Å². The number of fused-ring (bicyclic) bond motifs is 1. The largest absolute Gasteiger partial charge is 0.495 e. The third-order valence-electron chi connectivity index (χ3n) is 9.18. The lowest BCUT2D eigenvalue weighted by Gasteiger charge is -2.41. The van der Waals surface area contributed by atoms with Crippen LogP contribution in [0, 0.1) is 19.3 Å². The number of halogens is 1. The molecule has 0 saturated carbocycles. The van der Waals surface area contributed by atoms with Crippen molar-refractivity contribution in [1.29, 1.82) is 0 Å². The van der Waals surface area contributed by atoms with Gasteiger partial charge in [-0.1, -0.05) is 49.7 Å². The van der Waals surface area contributed by atoms with E-state index in [0.717, 1.165) is 74.5 Å². The molecule has 2 aliphatic heterocycles. The number of aryl methyl sites for hydroxylation is 2. The van der Waals surface area contributed by atoms with E-state index in [1.807, 2.05) is 46.8 Å². The Morgan fingerprint density at radius 3 is 2.40 bits per heavy atom. The topological polar surface area (TPSA) is 75.1 Å². The van der Waals surface area contributed by atoms with Gasteiger partial charge in [0.25, 0.3) is 0 Å². The maximum absolute atomic E-state index is 12.8. The summed E-state index contributed by atoms with van der Waals surface area (Å²) in [6.07, 6.45) is 1.87. The Morgan fingerprint density at radius 2 is 1.76 bits per heavy atom. The van der Waals surface area contributed by atoms with Gasteiger partial charge in [0.1, 0.15) is 5.75 Å². The molecule has 0 unspecified atom stereocenters. The van der Waals surface area contributed by atoms with Gasteiger partial charge >= 0.3 is 5.97 Å². The number of aromatic nitrogens is 1. The summed E-state index contributed by atoms with van der Waals surface area (Å²) in [5.41, 5.74) is 8.74. The lowest BCUT2D eigenvalue weighted by molar-refractivity contribution is -0.160. The number of nitrogens with zero attached hydrogens (tertiary/aromatic N) is 3. The van der Waals surface area contributed by atoms with Crippen molar-refractivity contribution in [1.82, 2.24) is 9.88 Å². The van der Waals surface area contributed by atoms with Crippen molar-refractivity contribution in [2.45, 2.75) is 92.5 Å². The molecule has 2 aliphatic rings. The van der Waals surface area contributed by atoms with Crippen molar-refractivity contribution < 1.29 is 19.4 Å². The number of rotatable bonds is 8. The van der Waals surface area contributed by atoms with E-state index < -0.39 is 17.7 Å². The molecule has 8 heteroatoms. The normalized spacial score (nSPS) is 17.6. The van der Waals surface area contributed by atoms with Gasteiger partial charge in [-0.25, -0.2) is 4.79 Å². The second kappa shape index (κ2) is 12.9. The van der Waals surface area contributed by atoms with E-state index in [2.05, 4.69) is 47.9 Å². The standard InChI is InChI=1S/C37H48ClN3O4/c1-23-31(27-10-11-28-22-40(16-13-26(28)20-27)21-25-9-12-29(38)30(19-25)44-8)33(41-17-14-37(6,7)15-18-41)32(24(2)39-23)34(35(42)43)45-36(3,4)5/h9-12,19-20,34H,13-18,21-22H2,1-8H3,(H,42,43)/t34-/m0/s1. The zero-order chi connectivity index (χ0) is 32.7. The van der Waals surface area contributed by atoms with E-state index in [1.165, 1.54) is 16.7 Å². The third kappa shape index (κ3) is 7.48. The maximum Gasteiger partial charge on any atom is 0.337 e. The minimum atomic E-state index is -1.13. The molecule has 242 valence electrons. The smallest absolute Gasteiger partial charge is 0.337 e. The van der Waals surface area contributed by atoms with Crippen molar-refractivity contribution in [3.8, 4) is 16.9 Å². The van der Waals surface area contributed by atoms with Gasteiger partial charge in [-0.3, -0.25) is 9.88 Å². The summed E-state index contributed by atoms with van der Waals surface area (Å²) in [6, 6.07) is 12.7. The van der Waals surface area contributed by atoms with Gasteiger partial charge in [-0.15, -0.1) is 0 Å². The number of piperidine rings is 1. The number of methoxy groups -OCH3 is 1. The molecule has 1 saturated heterocycles. The minimum Gasteiger partial charge on any atom is -0.495 e. The van der Waals surface area contributed by atoms with Gasteiger partial charge in [-0.2, -0.15) is 0 Å². The maximum atomic E-state index is 12.8. The lowest BCUT2D eigenvalue weighted by atomic mass is 9.81. The number of pyridine rings is 1. The highest BCUT2D eigenvalue weighted by molar-refractivity contribution is 6.32. The highest BCUT2D eigenvalue weighted by atomic mass is 35.5. The quantitative estimate of drug-likeness (QED) is 0.268. The second-order valence-electron chi connectivity index (χ2n) is 14.4. The average Bonchev–Trinajstić information content (AvgIpc) is 2.96. The second-order valence-corrected chi connectivity index (χ2v) is 14.8. The van der Waals surface area contributed by atoms with Crippen LogP contribution in [0.15, 0.2) is 36.4 Å². The third-order valence-corrected chi connectivity index (χ3v) is 9.49. The molecule has 0 bridgehead atoms. The summed E-state index contributed by atoms with van der Waals surface area (Å²) in [7, 11) is 1.64. The molecule has 1 atom stereocenters. The molecule has 1 aromatic heterocycles. The first-order valence-corrected chi connectivity index (χ1v) is 16.4. The Labute approximate surface area is 273 Å². The molecular formula is C37H48ClN3O4. The average molecular weight is 634 g/mol. The Hall–Kier alpha value is -3.13. The van der Waals surface area contributed by atoms with Crippen molar-refractivity contribution >= 4 is 23.3 Å². The van der Waals surface area contributed by atoms with E-state index in [1.54, 1.807) is 7.11 Å². The zero-order valence-electron chi connectivity index (χ0n) is 28.1. The summed E-state index contributed by atoms with van der Waals surface area (Å²) in [4.78, 5) is 22.6. The first kappa shape index (κ1) is 33.2. The van der Waals surface area contributed by atoms with Gasteiger partial charge in [-0.05, 0) is 93.7 Å². The summed E-state index contributed by atoms with van der Waals surface area (Å²) in [5, 5.41) is 11.1. The fourth-order valence-electron chi connectivity index (χ4n) is 6.72. The van der Waals surface area contributed by atoms with Crippen molar-refractivity contribution in [2.24, 2.45) is 5.41 Å². The molecule has 5 rings (SSSR count). The highest BCUT2D eigenvalue weighted by Gasteiger charge is 2.36. The lowest BCUT2D eigenvalue weighted by Crippen LogP contribution is -2.39. The molecule has 7 nitrogen and oxygen atoms in total. The van der Waals surface area contributed by atoms with E-state index in [0.29, 0.717) is 22.0 Å². The number of carboxylic acid groups (broad SMARTS) is 1. The molecule has 3 heterocycles. The Balaban J connectivity index is 1.54. The number of carbonyl (C=O) groups is 1. The molecule has 0 amide bonds. The van der Waals surface area contributed by atoms with Gasteiger partial charge in [0, 0.05) is 55.2 Å². The Kier molecular flexibility index (Phi) is 9.55. The number of hydrogen-bond donors (Lipinski definition) is 1. The predicted molar refractivity (Wildman–Crippen MR) is 181 cm³/mol. The molecule has 1 fully saturated rings. The molecule has 0 spiro atoms. The summed E-state index contributed by atoms with van der Waals surface area (Å²) in [6.45, 7) is 18.6. The number of hydrogen-bond acceptors (Lipinski definition) is 6. The Bertz CT molecular complexity index is 1570. The fraction of sp³-hybridized carbons (Fsp3) is 0.514. The summed E-state index contributed by atoms with van der Waals surface area (Å²) < 4.78 is 11.7. The molecule has 2 aromatic carbocycles. The van der Waals surface area contributed by atoms with Crippen molar-refractivity contribution in [3.05, 3.63) is 75.1 Å². The van der Waals surface area contributed by atoms with Crippen molar-refractivity contribution in [3.63, 3.8) is 0 Å². The number of ether oxygens (including phenoxy) is 2. The van der Waals surface area contributed by atoms with Crippen LogP contribution in [0.3, 0.4) is 0 Å². The highest BCUT2D eigenvalue weighted by Crippen LogP contribution is 2.45. The molecule has 45 heavy (non-hydrogen) atoms. The van der Waals surface area contributed by atoms with Gasteiger partial charge < -0.3 is 19.5 Å². The van der Waals surface area contributed by atoms with Gasteiger partial charge in [0.15, 0.2) is 6.10 Å². The van der Waals surface area contributed by atoms with Crippen LogP contribution in [0.1, 0.15) is 87.2 Å². The summed E-state index contributed by atoms with van der Waals surface area (Å²) in [5.74, 6) is -0.296. The zero-order valence-corrected chi connectivity index (χ0v) is 28.8. The Morgan fingerprint density at radius 1 is 1.04 bits per heavy atom. The molecule has 3 aromatic rings. The minimum absolute atomic E-state index is 0.247. The van der Waals surface area contributed by atoms with Gasteiger partial charge in [0.05, 0.1) is 23.4 Å².